The highest BCUT2D eigenvalue weighted by atomic mass is 35.5. The van der Waals surface area contributed by atoms with E-state index in [0.29, 0.717) is 11.8 Å². The van der Waals surface area contributed by atoms with Gasteiger partial charge in [-0.2, -0.15) is 5.10 Å². The summed E-state index contributed by atoms with van der Waals surface area (Å²) in [6.07, 6.45) is 3.44. The molecule has 2 rings (SSSR count). The first-order valence-electron chi connectivity index (χ1n) is 6.13. The monoisotopic (exact) mass is 263 g/mol. The lowest BCUT2D eigenvalue weighted by Crippen LogP contribution is -2.13. The fourth-order valence-corrected chi connectivity index (χ4v) is 2.34. The van der Waals surface area contributed by atoms with E-state index in [4.69, 9.17) is 11.6 Å². The van der Waals surface area contributed by atoms with Crippen LogP contribution in [-0.4, -0.2) is 20.6 Å². The first kappa shape index (κ1) is 13.1. The van der Waals surface area contributed by atoms with Crippen molar-refractivity contribution in [3.63, 3.8) is 0 Å². The molecule has 0 saturated carbocycles. The molecule has 0 spiro atoms. The predicted molar refractivity (Wildman–Crippen MR) is 73.8 cm³/mol. The molecule has 1 unspecified atom stereocenters. The zero-order chi connectivity index (χ0) is 13.0. The molecule has 2 aromatic rings. The highest BCUT2D eigenvalue weighted by Crippen LogP contribution is 2.15. The Balaban J connectivity index is 2.04. The van der Waals surface area contributed by atoms with E-state index in [-0.39, 0.29) is 0 Å². The summed E-state index contributed by atoms with van der Waals surface area (Å²) < 4.78 is 1.82. The third-order valence-electron chi connectivity index (χ3n) is 3.10. The number of benzene rings is 1. The van der Waals surface area contributed by atoms with Gasteiger partial charge in [-0.1, -0.05) is 29.8 Å². The third kappa shape index (κ3) is 3.33. The molecule has 0 amide bonds. The topological polar surface area (TPSA) is 30.7 Å². The molecule has 4 heteroatoms. The van der Waals surface area contributed by atoms with Crippen LogP contribution in [-0.2, 0) is 19.9 Å². The molecule has 0 saturated heterocycles. The van der Waals surface area contributed by atoms with Crippen molar-refractivity contribution in [2.75, 3.05) is 5.88 Å². The van der Waals surface area contributed by atoms with Crippen LogP contribution in [0, 0.1) is 12.8 Å². The first-order valence-corrected chi connectivity index (χ1v) is 6.67. The molecule has 18 heavy (non-hydrogen) atoms. The molecular weight excluding hydrogens is 246 g/mol. The number of hydrogen-bond acceptors (Lipinski definition) is 2. The lowest BCUT2D eigenvalue weighted by atomic mass is 9.96. The van der Waals surface area contributed by atoms with E-state index >= 15 is 0 Å². The van der Waals surface area contributed by atoms with Gasteiger partial charge in [0.15, 0.2) is 0 Å². The summed E-state index contributed by atoms with van der Waals surface area (Å²) in [6, 6.07) is 8.58. The number of nitrogens with zero attached hydrogens (tertiary/aromatic N) is 3. The standard InChI is InChI=1S/C14H18ClN3/c1-11-4-3-5-12(6-11)7-13(9-15)8-14-16-10-17-18(14)2/h3-6,10,13H,7-9H2,1-2H3. The summed E-state index contributed by atoms with van der Waals surface area (Å²) in [5.74, 6) is 2.03. The van der Waals surface area contributed by atoms with Crippen molar-refractivity contribution in [2.45, 2.75) is 19.8 Å². The van der Waals surface area contributed by atoms with Gasteiger partial charge in [0.2, 0.25) is 0 Å². The van der Waals surface area contributed by atoms with Crippen LogP contribution in [0.1, 0.15) is 17.0 Å². The van der Waals surface area contributed by atoms with Gasteiger partial charge in [0.25, 0.3) is 0 Å². The van der Waals surface area contributed by atoms with Crippen LogP contribution in [0.3, 0.4) is 0 Å². The Hall–Kier alpha value is -1.35. The second kappa shape index (κ2) is 6.01. The number of halogens is 1. The van der Waals surface area contributed by atoms with Crippen LogP contribution in [0.2, 0.25) is 0 Å². The number of hydrogen-bond donors (Lipinski definition) is 0. The predicted octanol–water partition coefficient (Wildman–Crippen LogP) is 2.76. The first-order chi connectivity index (χ1) is 8.69. The summed E-state index contributed by atoms with van der Waals surface area (Å²) in [5.41, 5.74) is 2.63. The molecule has 1 atom stereocenters. The van der Waals surface area contributed by atoms with Crippen LogP contribution >= 0.6 is 11.6 Å². The van der Waals surface area contributed by atoms with Gasteiger partial charge in [-0.15, -0.1) is 11.6 Å². The van der Waals surface area contributed by atoms with E-state index in [0.717, 1.165) is 18.7 Å². The molecule has 0 aliphatic carbocycles. The highest BCUT2D eigenvalue weighted by Gasteiger charge is 2.13. The Bertz CT molecular complexity index is 507. The van der Waals surface area contributed by atoms with E-state index in [1.54, 1.807) is 6.33 Å². The molecule has 1 aromatic carbocycles. The largest absolute Gasteiger partial charge is 0.253 e. The molecule has 96 valence electrons. The van der Waals surface area contributed by atoms with Crippen molar-refractivity contribution >= 4 is 11.6 Å². The number of aryl methyl sites for hydroxylation is 2. The van der Waals surface area contributed by atoms with Crippen LogP contribution in [0.15, 0.2) is 30.6 Å². The third-order valence-corrected chi connectivity index (χ3v) is 3.54. The molecule has 0 radical (unpaired) electrons. The zero-order valence-electron chi connectivity index (χ0n) is 10.8. The molecule has 0 fully saturated rings. The smallest absolute Gasteiger partial charge is 0.138 e. The lowest BCUT2D eigenvalue weighted by Gasteiger charge is -2.13. The summed E-state index contributed by atoms with van der Waals surface area (Å²) in [7, 11) is 1.92. The quantitative estimate of drug-likeness (QED) is 0.777. The van der Waals surface area contributed by atoms with E-state index in [1.807, 2.05) is 11.7 Å². The Kier molecular flexibility index (Phi) is 4.37. The lowest BCUT2D eigenvalue weighted by molar-refractivity contribution is 0.542. The summed E-state index contributed by atoms with van der Waals surface area (Å²) in [6.45, 7) is 2.11. The maximum absolute atomic E-state index is 6.07. The van der Waals surface area contributed by atoms with Gasteiger partial charge in [-0.05, 0) is 24.8 Å². The molecule has 0 aliphatic rings. The Morgan fingerprint density at radius 1 is 1.33 bits per heavy atom. The van der Waals surface area contributed by atoms with E-state index in [2.05, 4.69) is 41.3 Å². The van der Waals surface area contributed by atoms with Crippen molar-refractivity contribution in [2.24, 2.45) is 13.0 Å². The van der Waals surface area contributed by atoms with Gasteiger partial charge >= 0.3 is 0 Å². The van der Waals surface area contributed by atoms with Gasteiger partial charge in [-0.3, -0.25) is 4.68 Å². The molecule has 0 aliphatic heterocycles. The van der Waals surface area contributed by atoms with Crippen LogP contribution in [0.4, 0.5) is 0 Å². The second-order valence-corrected chi connectivity index (χ2v) is 5.03. The minimum Gasteiger partial charge on any atom is -0.253 e. The fraction of sp³-hybridized carbons (Fsp3) is 0.429. The van der Waals surface area contributed by atoms with Crippen molar-refractivity contribution in [1.82, 2.24) is 14.8 Å². The number of alkyl halides is 1. The normalized spacial score (nSPS) is 12.6. The molecule has 0 bridgehead atoms. The maximum atomic E-state index is 6.07. The van der Waals surface area contributed by atoms with Crippen LogP contribution < -0.4 is 0 Å². The van der Waals surface area contributed by atoms with Gasteiger partial charge < -0.3 is 0 Å². The number of aromatic nitrogens is 3. The Labute approximate surface area is 113 Å². The van der Waals surface area contributed by atoms with Crippen molar-refractivity contribution in [1.29, 1.82) is 0 Å². The summed E-state index contributed by atoms with van der Waals surface area (Å²) in [4.78, 5) is 4.26. The van der Waals surface area contributed by atoms with Crippen molar-refractivity contribution in [3.05, 3.63) is 47.5 Å². The average Bonchev–Trinajstić information content (AvgIpc) is 2.74. The Morgan fingerprint density at radius 3 is 2.78 bits per heavy atom. The fourth-order valence-electron chi connectivity index (χ4n) is 2.12. The molecule has 1 aromatic heterocycles. The zero-order valence-corrected chi connectivity index (χ0v) is 11.6. The molecular formula is C14H18ClN3. The van der Waals surface area contributed by atoms with E-state index in [9.17, 15) is 0 Å². The van der Waals surface area contributed by atoms with Crippen molar-refractivity contribution in [3.8, 4) is 0 Å². The molecule has 0 N–H and O–H groups in total. The van der Waals surface area contributed by atoms with E-state index in [1.165, 1.54) is 11.1 Å². The van der Waals surface area contributed by atoms with Crippen molar-refractivity contribution < 1.29 is 0 Å². The van der Waals surface area contributed by atoms with Crippen LogP contribution in [0.25, 0.3) is 0 Å². The SMILES string of the molecule is Cc1cccc(CC(CCl)Cc2ncnn2C)c1. The average molecular weight is 264 g/mol. The van der Waals surface area contributed by atoms with Crippen LogP contribution in [0.5, 0.6) is 0 Å². The highest BCUT2D eigenvalue weighted by molar-refractivity contribution is 6.18. The van der Waals surface area contributed by atoms with Gasteiger partial charge in [0.05, 0.1) is 0 Å². The molecule has 1 heterocycles. The van der Waals surface area contributed by atoms with Gasteiger partial charge in [0, 0.05) is 19.3 Å². The molecule has 3 nitrogen and oxygen atoms in total. The summed E-state index contributed by atoms with van der Waals surface area (Å²) in [5, 5.41) is 4.09. The Morgan fingerprint density at radius 2 is 2.17 bits per heavy atom. The second-order valence-electron chi connectivity index (χ2n) is 4.72. The van der Waals surface area contributed by atoms with Gasteiger partial charge in [-0.25, -0.2) is 4.98 Å². The number of rotatable bonds is 5. The maximum Gasteiger partial charge on any atom is 0.138 e. The van der Waals surface area contributed by atoms with E-state index < -0.39 is 0 Å². The minimum absolute atomic E-state index is 0.399. The summed E-state index contributed by atoms with van der Waals surface area (Å²) >= 11 is 6.07. The van der Waals surface area contributed by atoms with Gasteiger partial charge in [0.1, 0.15) is 12.2 Å². The minimum atomic E-state index is 0.399.